The van der Waals surface area contributed by atoms with E-state index in [1.807, 2.05) is 43.3 Å². The first-order valence-corrected chi connectivity index (χ1v) is 9.51. The van der Waals surface area contributed by atoms with Crippen molar-refractivity contribution in [3.05, 3.63) is 83.6 Å². The molecule has 2 amide bonds. The van der Waals surface area contributed by atoms with Gasteiger partial charge in [-0.1, -0.05) is 47.5 Å². The average Bonchev–Trinajstić information content (AvgIpc) is 2.71. The van der Waals surface area contributed by atoms with Crippen LogP contribution in [0.15, 0.2) is 66.9 Å². The molecule has 4 rings (SSSR count). The molecule has 2 heterocycles. The first kappa shape index (κ1) is 18.0. The Labute approximate surface area is 165 Å². The molecule has 0 aliphatic carbocycles. The molecule has 0 radical (unpaired) electrons. The lowest BCUT2D eigenvalue weighted by molar-refractivity contribution is 0.256. The first-order valence-electron chi connectivity index (χ1n) is 9.51. The Bertz CT molecular complexity index is 967. The van der Waals surface area contributed by atoms with Crippen LogP contribution in [-0.4, -0.2) is 24.1 Å². The van der Waals surface area contributed by atoms with E-state index in [1.54, 1.807) is 11.1 Å². The van der Waals surface area contributed by atoms with Gasteiger partial charge in [0.25, 0.3) is 0 Å². The lowest BCUT2D eigenvalue weighted by atomic mass is 10.1. The smallest absolute Gasteiger partial charge is 0.326 e. The first-order chi connectivity index (χ1) is 13.6. The summed E-state index contributed by atoms with van der Waals surface area (Å²) in [5.74, 6) is 0.841. The van der Waals surface area contributed by atoms with Gasteiger partial charge in [0.15, 0.2) is 5.82 Å². The maximum Gasteiger partial charge on any atom is 0.326 e. The van der Waals surface area contributed by atoms with Crippen molar-refractivity contribution < 1.29 is 4.79 Å². The normalized spacial score (nSPS) is 13.2. The number of fused-ring (bicyclic) bond motifs is 1. The van der Waals surface area contributed by atoms with Gasteiger partial charge in [-0.2, -0.15) is 0 Å². The van der Waals surface area contributed by atoms with Crippen molar-refractivity contribution in [3.63, 3.8) is 0 Å². The molecule has 1 aromatic heterocycles. The highest BCUT2D eigenvalue weighted by atomic mass is 16.2. The second-order valence-electron chi connectivity index (χ2n) is 7.20. The number of aromatic nitrogens is 1. The van der Waals surface area contributed by atoms with Crippen molar-refractivity contribution in [1.29, 1.82) is 0 Å². The summed E-state index contributed by atoms with van der Waals surface area (Å²) in [6.07, 6.45) is 1.78. The highest BCUT2D eigenvalue weighted by Crippen LogP contribution is 2.32. The van der Waals surface area contributed by atoms with Gasteiger partial charge < -0.3 is 10.2 Å². The zero-order valence-electron chi connectivity index (χ0n) is 16.2. The minimum Gasteiger partial charge on any atom is -0.349 e. The summed E-state index contributed by atoms with van der Waals surface area (Å²) >= 11 is 0. The zero-order chi connectivity index (χ0) is 19.5. The van der Waals surface area contributed by atoms with Crippen molar-refractivity contribution in [2.24, 2.45) is 0 Å². The number of urea groups is 1. The molecule has 1 aliphatic heterocycles. The van der Waals surface area contributed by atoms with Gasteiger partial charge in [-0.05, 0) is 43.7 Å². The van der Waals surface area contributed by atoms with Crippen LogP contribution in [0.3, 0.4) is 0 Å². The lowest BCUT2D eigenvalue weighted by Gasteiger charge is -2.36. The molecule has 0 bridgehead atoms. The molecule has 0 saturated carbocycles. The second kappa shape index (κ2) is 7.72. The van der Waals surface area contributed by atoms with Crippen molar-refractivity contribution >= 4 is 23.2 Å². The monoisotopic (exact) mass is 372 g/mol. The number of carbonyl (C=O) groups excluding carboxylic acids is 1. The summed E-state index contributed by atoms with van der Waals surface area (Å²) in [4.78, 5) is 21.5. The minimum absolute atomic E-state index is 0.131. The number of amides is 2. The Morgan fingerprint density at radius 3 is 2.36 bits per heavy atom. The molecule has 0 fully saturated rings. The Hall–Kier alpha value is -3.34. The number of rotatable bonds is 3. The molecule has 0 atom stereocenters. The number of aryl methyl sites for hydroxylation is 2. The van der Waals surface area contributed by atoms with Gasteiger partial charge in [0.05, 0.1) is 5.69 Å². The number of anilines is 3. The number of hydrogen-bond donors (Lipinski definition) is 1. The van der Waals surface area contributed by atoms with E-state index in [0.29, 0.717) is 6.54 Å². The molecule has 2 aromatic carbocycles. The van der Waals surface area contributed by atoms with E-state index in [4.69, 9.17) is 0 Å². The van der Waals surface area contributed by atoms with Crippen molar-refractivity contribution in [1.82, 2.24) is 4.98 Å². The van der Waals surface area contributed by atoms with Crippen LogP contribution in [0.2, 0.25) is 0 Å². The van der Waals surface area contributed by atoms with E-state index in [1.165, 1.54) is 11.1 Å². The Morgan fingerprint density at radius 1 is 0.964 bits per heavy atom. The zero-order valence-corrected chi connectivity index (χ0v) is 16.2. The topological polar surface area (TPSA) is 48.5 Å². The molecule has 142 valence electrons. The lowest BCUT2D eigenvalue weighted by Crippen LogP contribution is -2.46. The third-order valence-corrected chi connectivity index (χ3v) is 4.99. The van der Waals surface area contributed by atoms with Crippen molar-refractivity contribution in [2.75, 3.05) is 28.2 Å². The molecule has 28 heavy (non-hydrogen) atoms. The van der Waals surface area contributed by atoms with Gasteiger partial charge in [0.2, 0.25) is 0 Å². The number of nitrogens with one attached hydrogen (secondary N) is 1. The van der Waals surface area contributed by atoms with Crippen LogP contribution in [0.4, 0.5) is 22.0 Å². The standard InChI is InChI=1S/C23H24N4O/c1-17-5-9-19(10-6-17)16-26-14-15-27(21-4-3-13-24-22(21)26)23(28)25-20-11-7-18(2)8-12-20/h3-13H,14-16H2,1-2H3,(H,25,28). The summed E-state index contributed by atoms with van der Waals surface area (Å²) in [6, 6.07) is 20.1. The summed E-state index contributed by atoms with van der Waals surface area (Å²) in [7, 11) is 0. The Kier molecular flexibility index (Phi) is 4.98. The van der Waals surface area contributed by atoms with Gasteiger partial charge in [-0.15, -0.1) is 0 Å². The van der Waals surface area contributed by atoms with Crippen LogP contribution in [0.5, 0.6) is 0 Å². The highest BCUT2D eigenvalue weighted by Gasteiger charge is 2.27. The molecular weight excluding hydrogens is 348 g/mol. The van der Waals surface area contributed by atoms with Crippen LogP contribution in [-0.2, 0) is 6.54 Å². The van der Waals surface area contributed by atoms with Crippen LogP contribution < -0.4 is 15.1 Å². The Morgan fingerprint density at radius 2 is 1.64 bits per heavy atom. The van der Waals surface area contributed by atoms with Crippen molar-refractivity contribution in [2.45, 2.75) is 20.4 Å². The van der Waals surface area contributed by atoms with Gasteiger partial charge in [0.1, 0.15) is 0 Å². The molecule has 5 heteroatoms. The summed E-state index contributed by atoms with van der Waals surface area (Å²) in [5.41, 5.74) is 5.28. The largest absolute Gasteiger partial charge is 0.349 e. The van der Waals surface area contributed by atoms with Gasteiger partial charge in [-0.25, -0.2) is 9.78 Å². The maximum absolute atomic E-state index is 12.9. The Balaban J connectivity index is 1.54. The predicted octanol–water partition coefficient (Wildman–Crippen LogP) is 4.76. The summed E-state index contributed by atoms with van der Waals surface area (Å²) in [6.45, 7) is 6.24. The third-order valence-electron chi connectivity index (χ3n) is 4.99. The van der Waals surface area contributed by atoms with Crippen LogP contribution in [0, 0.1) is 13.8 Å². The number of nitrogens with zero attached hydrogens (tertiary/aromatic N) is 3. The molecule has 0 saturated heterocycles. The molecule has 1 N–H and O–H groups in total. The van der Waals surface area contributed by atoms with Gasteiger partial charge in [0, 0.05) is 31.5 Å². The van der Waals surface area contributed by atoms with Crippen LogP contribution in [0.1, 0.15) is 16.7 Å². The molecule has 0 unspecified atom stereocenters. The maximum atomic E-state index is 12.9. The molecule has 5 nitrogen and oxygen atoms in total. The van der Waals surface area contributed by atoms with E-state index < -0.39 is 0 Å². The molecule has 3 aromatic rings. The minimum atomic E-state index is -0.131. The SMILES string of the molecule is Cc1ccc(CN2CCN(C(=O)Nc3ccc(C)cc3)c3cccnc32)cc1. The van der Waals surface area contributed by atoms with E-state index >= 15 is 0 Å². The average molecular weight is 372 g/mol. The van der Waals surface area contributed by atoms with Crippen LogP contribution in [0.25, 0.3) is 0 Å². The number of carbonyl (C=O) groups is 1. The van der Waals surface area contributed by atoms with Crippen molar-refractivity contribution in [3.8, 4) is 0 Å². The number of hydrogen-bond acceptors (Lipinski definition) is 3. The van der Waals surface area contributed by atoms with E-state index in [0.717, 1.165) is 35.8 Å². The molecule has 1 aliphatic rings. The van der Waals surface area contributed by atoms with Crippen LogP contribution >= 0.6 is 0 Å². The fourth-order valence-corrected chi connectivity index (χ4v) is 3.40. The number of pyridine rings is 1. The predicted molar refractivity (Wildman–Crippen MR) is 114 cm³/mol. The van der Waals surface area contributed by atoms with E-state index in [-0.39, 0.29) is 6.03 Å². The quantitative estimate of drug-likeness (QED) is 0.721. The summed E-state index contributed by atoms with van der Waals surface area (Å²) in [5, 5.41) is 2.99. The third kappa shape index (κ3) is 3.83. The fourth-order valence-electron chi connectivity index (χ4n) is 3.40. The van der Waals surface area contributed by atoms with Gasteiger partial charge in [-0.3, -0.25) is 4.90 Å². The van der Waals surface area contributed by atoms with E-state index in [2.05, 4.69) is 46.4 Å². The summed E-state index contributed by atoms with van der Waals surface area (Å²) < 4.78 is 0. The highest BCUT2D eigenvalue weighted by molar-refractivity contribution is 6.04. The van der Waals surface area contributed by atoms with Gasteiger partial charge >= 0.3 is 6.03 Å². The second-order valence-corrected chi connectivity index (χ2v) is 7.20. The van der Waals surface area contributed by atoms with E-state index in [9.17, 15) is 4.79 Å². The fraction of sp³-hybridized carbons (Fsp3) is 0.217. The molecule has 0 spiro atoms. The number of benzene rings is 2. The molecular formula is C23H24N4O.